The van der Waals surface area contributed by atoms with Gasteiger partial charge in [-0.25, -0.2) is 4.98 Å². The monoisotopic (exact) mass is 354 g/mol. The summed E-state index contributed by atoms with van der Waals surface area (Å²) in [5.74, 6) is 1.71. The van der Waals surface area contributed by atoms with Crippen molar-refractivity contribution < 1.29 is 9.53 Å². The molecule has 2 saturated heterocycles. The van der Waals surface area contributed by atoms with E-state index in [1.165, 1.54) is 11.5 Å². The summed E-state index contributed by atoms with van der Waals surface area (Å²) in [6.45, 7) is 5.29. The molecule has 1 amide bonds. The number of amides is 1. The lowest BCUT2D eigenvalue weighted by Crippen LogP contribution is -2.41. The predicted molar refractivity (Wildman–Crippen MR) is 98.2 cm³/mol. The average Bonchev–Trinajstić information content (AvgIpc) is 3.10. The third-order valence-electron chi connectivity index (χ3n) is 5.55. The lowest BCUT2D eigenvalue weighted by Gasteiger charge is -2.36. The van der Waals surface area contributed by atoms with Crippen LogP contribution in [0.5, 0.6) is 0 Å². The number of carbonyl (C=O) groups is 1. The molecule has 6 heteroatoms. The summed E-state index contributed by atoms with van der Waals surface area (Å²) in [7, 11) is 0. The van der Waals surface area contributed by atoms with Crippen molar-refractivity contribution in [1.82, 2.24) is 19.4 Å². The predicted octanol–water partition coefficient (Wildman–Crippen LogP) is 2.96. The minimum Gasteiger partial charge on any atom is -0.381 e. The lowest BCUT2D eigenvalue weighted by atomic mass is 9.97. The molecule has 2 aromatic rings. The van der Waals surface area contributed by atoms with E-state index in [1.807, 2.05) is 23.2 Å². The SMILES string of the molecule is Cc1cnc(C2CCOCC2)n1C1CCCN(C(=O)c2cccnc2)C1. The molecule has 2 aromatic heterocycles. The van der Waals surface area contributed by atoms with Gasteiger partial charge in [0.2, 0.25) is 0 Å². The Balaban J connectivity index is 1.55. The van der Waals surface area contributed by atoms with E-state index in [0.29, 0.717) is 17.5 Å². The topological polar surface area (TPSA) is 60.2 Å². The van der Waals surface area contributed by atoms with Gasteiger partial charge in [0, 0.05) is 56.5 Å². The second-order valence-corrected chi connectivity index (χ2v) is 7.30. The van der Waals surface area contributed by atoms with Crippen LogP contribution in [0.1, 0.15) is 59.5 Å². The van der Waals surface area contributed by atoms with Crippen LogP contribution in [0.15, 0.2) is 30.7 Å². The highest BCUT2D eigenvalue weighted by atomic mass is 16.5. The van der Waals surface area contributed by atoms with E-state index in [0.717, 1.165) is 52.0 Å². The number of piperidine rings is 1. The van der Waals surface area contributed by atoms with Gasteiger partial charge in [0.25, 0.3) is 5.91 Å². The molecule has 0 aliphatic carbocycles. The Hall–Kier alpha value is -2.21. The number of pyridine rings is 1. The van der Waals surface area contributed by atoms with Crippen molar-refractivity contribution in [1.29, 1.82) is 0 Å². The van der Waals surface area contributed by atoms with Crippen LogP contribution >= 0.6 is 0 Å². The Bertz CT molecular complexity index is 752. The van der Waals surface area contributed by atoms with Gasteiger partial charge in [0.05, 0.1) is 11.6 Å². The van der Waals surface area contributed by atoms with E-state index < -0.39 is 0 Å². The number of hydrogen-bond acceptors (Lipinski definition) is 4. The smallest absolute Gasteiger partial charge is 0.255 e. The van der Waals surface area contributed by atoms with Gasteiger partial charge in [0.15, 0.2) is 0 Å². The number of aromatic nitrogens is 3. The first kappa shape index (κ1) is 17.2. The highest BCUT2D eigenvalue weighted by molar-refractivity contribution is 5.93. The summed E-state index contributed by atoms with van der Waals surface area (Å²) in [6, 6.07) is 3.96. The number of ether oxygens (including phenoxy) is 1. The normalized spacial score (nSPS) is 21.7. The Labute approximate surface area is 154 Å². The highest BCUT2D eigenvalue weighted by Crippen LogP contribution is 2.32. The van der Waals surface area contributed by atoms with Gasteiger partial charge in [-0.3, -0.25) is 9.78 Å². The molecular weight excluding hydrogens is 328 g/mol. The van der Waals surface area contributed by atoms with Gasteiger partial charge >= 0.3 is 0 Å². The number of nitrogens with zero attached hydrogens (tertiary/aromatic N) is 4. The fraction of sp³-hybridized carbons (Fsp3) is 0.550. The number of rotatable bonds is 3. The molecule has 0 aromatic carbocycles. The molecular formula is C20H26N4O2. The molecule has 1 unspecified atom stereocenters. The van der Waals surface area contributed by atoms with Crippen LogP contribution in [0.4, 0.5) is 0 Å². The Morgan fingerprint density at radius 3 is 2.85 bits per heavy atom. The van der Waals surface area contributed by atoms with Crippen LogP contribution in [0, 0.1) is 6.92 Å². The molecule has 1 atom stereocenters. The molecule has 4 rings (SSSR count). The zero-order valence-corrected chi connectivity index (χ0v) is 15.3. The Kier molecular flexibility index (Phi) is 5.02. The average molecular weight is 354 g/mol. The van der Waals surface area contributed by atoms with Crippen LogP contribution < -0.4 is 0 Å². The first-order chi connectivity index (χ1) is 12.7. The summed E-state index contributed by atoms with van der Waals surface area (Å²) < 4.78 is 7.90. The summed E-state index contributed by atoms with van der Waals surface area (Å²) in [6.07, 6.45) is 9.49. The second-order valence-electron chi connectivity index (χ2n) is 7.30. The highest BCUT2D eigenvalue weighted by Gasteiger charge is 2.30. The van der Waals surface area contributed by atoms with Gasteiger partial charge in [-0.05, 0) is 44.7 Å². The van der Waals surface area contributed by atoms with E-state index in [2.05, 4.69) is 16.5 Å². The standard InChI is InChI=1S/C20H26N4O2/c1-15-12-22-19(16-6-10-26-11-7-16)24(15)18-5-3-9-23(14-18)20(25)17-4-2-8-21-13-17/h2,4,8,12-13,16,18H,3,5-7,9-11,14H2,1H3. The third-order valence-corrected chi connectivity index (χ3v) is 5.55. The Morgan fingerprint density at radius 1 is 1.23 bits per heavy atom. The minimum atomic E-state index is 0.0770. The van der Waals surface area contributed by atoms with Gasteiger partial charge in [-0.1, -0.05) is 0 Å². The van der Waals surface area contributed by atoms with Gasteiger partial charge in [0.1, 0.15) is 5.82 Å². The van der Waals surface area contributed by atoms with Crippen molar-refractivity contribution in [3.05, 3.63) is 47.8 Å². The van der Waals surface area contributed by atoms with Crippen LogP contribution in [-0.4, -0.2) is 51.6 Å². The molecule has 2 fully saturated rings. The summed E-state index contributed by atoms with van der Waals surface area (Å²) >= 11 is 0. The maximum atomic E-state index is 12.8. The summed E-state index contributed by atoms with van der Waals surface area (Å²) in [5.41, 5.74) is 1.85. The van der Waals surface area contributed by atoms with E-state index in [-0.39, 0.29) is 5.91 Å². The van der Waals surface area contributed by atoms with Crippen LogP contribution in [0.3, 0.4) is 0 Å². The number of carbonyl (C=O) groups excluding carboxylic acids is 1. The summed E-state index contributed by atoms with van der Waals surface area (Å²) in [4.78, 5) is 23.6. The molecule has 0 spiro atoms. The quantitative estimate of drug-likeness (QED) is 0.850. The van der Waals surface area contributed by atoms with E-state index >= 15 is 0 Å². The fourth-order valence-electron chi connectivity index (χ4n) is 4.22. The van der Waals surface area contributed by atoms with Crippen molar-refractivity contribution in [3.63, 3.8) is 0 Å². The first-order valence-corrected chi connectivity index (χ1v) is 9.55. The van der Waals surface area contributed by atoms with Crippen molar-refractivity contribution in [2.24, 2.45) is 0 Å². The molecule has 0 bridgehead atoms. The van der Waals surface area contributed by atoms with Crippen molar-refractivity contribution in [3.8, 4) is 0 Å². The maximum Gasteiger partial charge on any atom is 0.255 e. The van der Waals surface area contributed by atoms with E-state index in [9.17, 15) is 4.79 Å². The van der Waals surface area contributed by atoms with Crippen molar-refractivity contribution >= 4 is 5.91 Å². The maximum absolute atomic E-state index is 12.8. The zero-order chi connectivity index (χ0) is 17.9. The first-order valence-electron chi connectivity index (χ1n) is 9.55. The lowest BCUT2D eigenvalue weighted by molar-refractivity contribution is 0.0666. The minimum absolute atomic E-state index is 0.0770. The zero-order valence-electron chi connectivity index (χ0n) is 15.3. The van der Waals surface area contributed by atoms with Crippen LogP contribution in [0.2, 0.25) is 0 Å². The van der Waals surface area contributed by atoms with Crippen molar-refractivity contribution in [2.45, 2.75) is 44.6 Å². The van der Waals surface area contributed by atoms with E-state index in [1.54, 1.807) is 12.4 Å². The van der Waals surface area contributed by atoms with Gasteiger partial charge in [-0.2, -0.15) is 0 Å². The largest absolute Gasteiger partial charge is 0.381 e. The molecule has 0 N–H and O–H groups in total. The number of imidazole rings is 1. The molecule has 0 radical (unpaired) electrons. The van der Waals surface area contributed by atoms with Crippen LogP contribution in [-0.2, 0) is 4.74 Å². The molecule has 4 heterocycles. The molecule has 2 aliphatic rings. The van der Waals surface area contributed by atoms with Gasteiger partial charge < -0.3 is 14.2 Å². The molecule has 6 nitrogen and oxygen atoms in total. The number of hydrogen-bond donors (Lipinski definition) is 0. The number of likely N-dealkylation sites (tertiary alicyclic amines) is 1. The fourth-order valence-corrected chi connectivity index (χ4v) is 4.22. The van der Waals surface area contributed by atoms with Crippen LogP contribution in [0.25, 0.3) is 0 Å². The molecule has 26 heavy (non-hydrogen) atoms. The molecule has 2 aliphatic heterocycles. The van der Waals surface area contributed by atoms with Crippen molar-refractivity contribution in [2.75, 3.05) is 26.3 Å². The second kappa shape index (κ2) is 7.58. The molecule has 138 valence electrons. The number of aryl methyl sites for hydroxylation is 1. The summed E-state index contributed by atoms with van der Waals surface area (Å²) in [5, 5.41) is 0. The Morgan fingerprint density at radius 2 is 2.08 bits per heavy atom. The third kappa shape index (κ3) is 3.38. The van der Waals surface area contributed by atoms with Gasteiger partial charge in [-0.15, -0.1) is 0 Å². The molecule has 0 saturated carbocycles. The van der Waals surface area contributed by atoms with E-state index in [4.69, 9.17) is 9.72 Å².